The Morgan fingerprint density at radius 1 is 1.00 bits per heavy atom. The maximum atomic E-state index is 13.1. The number of hydrogen-bond acceptors (Lipinski definition) is 5. The highest BCUT2D eigenvalue weighted by atomic mass is 16.4. The predicted molar refractivity (Wildman–Crippen MR) is 141 cm³/mol. The first-order valence-corrected chi connectivity index (χ1v) is 12.7. The van der Waals surface area contributed by atoms with E-state index in [1.165, 1.54) is 5.56 Å². The Kier molecular flexibility index (Phi) is 6.39. The molecule has 1 saturated heterocycles. The smallest absolute Gasteiger partial charge is 0.344 e. The molecule has 3 aliphatic rings. The fraction of sp³-hybridized carbons (Fsp3) is 0.483. The molecule has 178 valence electrons. The fourth-order valence-electron chi connectivity index (χ4n) is 5.60. The lowest BCUT2D eigenvalue weighted by Crippen LogP contribution is -2.37. The first-order valence-electron chi connectivity index (χ1n) is 12.7. The van der Waals surface area contributed by atoms with Crippen LogP contribution in [0.4, 0.5) is 0 Å². The molecule has 4 heterocycles. The van der Waals surface area contributed by atoms with Crippen molar-refractivity contribution in [2.45, 2.75) is 71.8 Å². The van der Waals surface area contributed by atoms with Crippen LogP contribution in [0.5, 0.6) is 0 Å². The number of rotatable bonds is 3. The number of fused-ring (bicyclic) bond motifs is 2. The SMILES string of the molecule is CC1=CCC2CCC=C(c3cc4ccc(C5CCN(C(C)C)CC5)cc4c(=O)o3)N=C2C(C)=N1. The quantitative estimate of drug-likeness (QED) is 0.540. The first-order chi connectivity index (χ1) is 16.4. The third-order valence-corrected chi connectivity index (χ3v) is 7.66. The van der Waals surface area contributed by atoms with E-state index >= 15 is 0 Å². The van der Waals surface area contributed by atoms with Gasteiger partial charge in [0.1, 0.15) is 5.70 Å². The molecule has 34 heavy (non-hydrogen) atoms. The molecule has 2 aromatic rings. The summed E-state index contributed by atoms with van der Waals surface area (Å²) in [5.41, 5.74) is 4.74. The van der Waals surface area contributed by atoms with E-state index in [1.54, 1.807) is 0 Å². The molecule has 1 fully saturated rings. The average molecular weight is 458 g/mol. The summed E-state index contributed by atoms with van der Waals surface area (Å²) in [6, 6.07) is 8.90. The van der Waals surface area contributed by atoms with Crippen molar-refractivity contribution < 1.29 is 4.42 Å². The Balaban J connectivity index is 1.45. The van der Waals surface area contributed by atoms with Crippen LogP contribution in [0.15, 0.2) is 61.3 Å². The average Bonchev–Trinajstić information content (AvgIpc) is 3.12. The van der Waals surface area contributed by atoms with Gasteiger partial charge >= 0.3 is 5.63 Å². The van der Waals surface area contributed by atoms with Crippen molar-refractivity contribution in [2.24, 2.45) is 15.9 Å². The van der Waals surface area contributed by atoms with Gasteiger partial charge in [-0.1, -0.05) is 24.3 Å². The zero-order chi connectivity index (χ0) is 23.8. The minimum Gasteiger partial charge on any atom is -0.421 e. The van der Waals surface area contributed by atoms with Gasteiger partial charge in [0.05, 0.1) is 16.8 Å². The highest BCUT2D eigenvalue weighted by molar-refractivity contribution is 6.43. The number of benzene rings is 1. The molecule has 0 bridgehead atoms. The van der Waals surface area contributed by atoms with Crippen molar-refractivity contribution in [2.75, 3.05) is 13.1 Å². The molecule has 1 atom stereocenters. The standard InChI is InChI=1S/C29H35N3O2/c1-18(2)32-14-12-21(13-15-32)23-10-11-24-17-27(34-29(33)25(24)16-23)26-7-5-6-22-9-8-19(3)30-20(4)28(22)31-26/h7-8,10-11,16-18,21-22H,5-6,9,12-15H2,1-4H3. The highest BCUT2D eigenvalue weighted by Crippen LogP contribution is 2.32. The summed E-state index contributed by atoms with van der Waals surface area (Å²) in [7, 11) is 0. The molecule has 3 aliphatic heterocycles. The maximum absolute atomic E-state index is 13.1. The molecule has 5 nitrogen and oxygen atoms in total. The van der Waals surface area contributed by atoms with Crippen molar-refractivity contribution in [1.29, 1.82) is 0 Å². The maximum Gasteiger partial charge on any atom is 0.344 e. The van der Waals surface area contributed by atoms with Crippen LogP contribution in [-0.4, -0.2) is 35.5 Å². The van der Waals surface area contributed by atoms with Gasteiger partial charge in [-0.25, -0.2) is 9.79 Å². The van der Waals surface area contributed by atoms with Gasteiger partial charge in [0.15, 0.2) is 5.76 Å². The van der Waals surface area contributed by atoms with Crippen molar-refractivity contribution in [3.63, 3.8) is 0 Å². The zero-order valence-electron chi connectivity index (χ0n) is 20.8. The van der Waals surface area contributed by atoms with Gasteiger partial charge in [-0.2, -0.15) is 0 Å². The van der Waals surface area contributed by atoms with Gasteiger partial charge in [-0.15, -0.1) is 0 Å². The van der Waals surface area contributed by atoms with E-state index in [1.807, 2.05) is 19.9 Å². The second-order valence-corrected chi connectivity index (χ2v) is 10.3. The molecule has 1 aromatic carbocycles. The molecule has 5 rings (SSSR count). The first kappa shape index (κ1) is 23.0. The molecule has 0 spiro atoms. The van der Waals surface area contributed by atoms with Gasteiger partial charge in [-0.3, -0.25) is 4.99 Å². The Hall–Kier alpha value is -2.79. The van der Waals surface area contributed by atoms with Crippen LogP contribution in [0.1, 0.15) is 77.0 Å². The minimum atomic E-state index is -0.278. The van der Waals surface area contributed by atoms with E-state index in [-0.39, 0.29) is 5.63 Å². The Morgan fingerprint density at radius 2 is 1.79 bits per heavy atom. The van der Waals surface area contributed by atoms with E-state index in [0.29, 0.717) is 29.0 Å². The van der Waals surface area contributed by atoms with Gasteiger partial charge in [0.25, 0.3) is 0 Å². The highest BCUT2D eigenvalue weighted by Gasteiger charge is 2.25. The third-order valence-electron chi connectivity index (χ3n) is 7.66. The van der Waals surface area contributed by atoms with E-state index < -0.39 is 0 Å². The van der Waals surface area contributed by atoms with Crippen LogP contribution in [0.3, 0.4) is 0 Å². The fourth-order valence-corrected chi connectivity index (χ4v) is 5.60. The van der Waals surface area contributed by atoms with Crippen molar-refractivity contribution in [1.82, 2.24) is 4.90 Å². The van der Waals surface area contributed by atoms with E-state index in [0.717, 1.165) is 73.4 Å². The lowest BCUT2D eigenvalue weighted by Gasteiger charge is -2.34. The van der Waals surface area contributed by atoms with Crippen molar-refractivity contribution in [3.05, 3.63) is 63.9 Å². The lowest BCUT2D eigenvalue weighted by molar-refractivity contribution is 0.172. The van der Waals surface area contributed by atoms with E-state index in [2.05, 4.69) is 49.1 Å². The molecular formula is C29H35N3O2. The van der Waals surface area contributed by atoms with Gasteiger partial charge in [-0.05, 0) is 102 Å². The molecular weight excluding hydrogens is 422 g/mol. The molecule has 1 aromatic heterocycles. The number of likely N-dealkylation sites (tertiary alicyclic amines) is 1. The summed E-state index contributed by atoms with van der Waals surface area (Å²) in [6.07, 6.45) is 9.45. The number of hydrogen-bond donors (Lipinski definition) is 0. The van der Waals surface area contributed by atoms with Gasteiger partial charge in [0.2, 0.25) is 0 Å². The zero-order valence-corrected chi connectivity index (χ0v) is 20.8. The second-order valence-electron chi connectivity index (χ2n) is 10.3. The van der Waals surface area contributed by atoms with Crippen LogP contribution < -0.4 is 5.63 Å². The molecule has 5 heteroatoms. The van der Waals surface area contributed by atoms with Gasteiger partial charge in [0, 0.05) is 17.7 Å². The molecule has 0 aliphatic carbocycles. The normalized spacial score (nSPS) is 22.4. The summed E-state index contributed by atoms with van der Waals surface area (Å²) >= 11 is 0. The molecule has 0 amide bonds. The van der Waals surface area contributed by atoms with E-state index in [9.17, 15) is 4.79 Å². The number of aliphatic imine (C=N–C) groups is 2. The van der Waals surface area contributed by atoms with Crippen molar-refractivity contribution in [3.8, 4) is 0 Å². The lowest BCUT2D eigenvalue weighted by atomic mass is 9.88. The predicted octanol–water partition coefficient (Wildman–Crippen LogP) is 6.34. The van der Waals surface area contributed by atoms with Crippen LogP contribution in [0, 0.1) is 5.92 Å². The van der Waals surface area contributed by atoms with Crippen LogP contribution in [0.2, 0.25) is 0 Å². The summed E-state index contributed by atoms with van der Waals surface area (Å²) in [5.74, 6) is 1.40. The topological polar surface area (TPSA) is 58.2 Å². The van der Waals surface area contributed by atoms with Crippen LogP contribution >= 0.6 is 0 Å². The van der Waals surface area contributed by atoms with Gasteiger partial charge < -0.3 is 9.32 Å². The summed E-state index contributed by atoms with van der Waals surface area (Å²) in [4.78, 5) is 25.3. The summed E-state index contributed by atoms with van der Waals surface area (Å²) in [5, 5.41) is 1.58. The Morgan fingerprint density at radius 3 is 2.56 bits per heavy atom. The Bertz CT molecular complexity index is 1270. The van der Waals surface area contributed by atoms with Crippen LogP contribution in [0.25, 0.3) is 16.5 Å². The largest absolute Gasteiger partial charge is 0.421 e. The van der Waals surface area contributed by atoms with E-state index in [4.69, 9.17) is 14.4 Å². The second kappa shape index (κ2) is 9.46. The van der Waals surface area contributed by atoms with Crippen molar-refractivity contribution >= 4 is 27.9 Å². The number of nitrogens with zero attached hydrogens (tertiary/aromatic N) is 3. The Labute approximate surface area is 202 Å². The molecule has 0 radical (unpaired) electrons. The molecule has 0 saturated carbocycles. The van der Waals surface area contributed by atoms with Crippen LogP contribution in [-0.2, 0) is 0 Å². The monoisotopic (exact) mass is 457 g/mol. The molecule has 1 unspecified atom stereocenters. The number of allylic oxidation sites excluding steroid dienone is 3. The summed E-state index contributed by atoms with van der Waals surface area (Å²) in [6.45, 7) is 10.8. The minimum absolute atomic E-state index is 0.278. The third kappa shape index (κ3) is 4.58. The molecule has 0 N–H and O–H groups in total. The number of piperidine rings is 1. The summed E-state index contributed by atoms with van der Waals surface area (Å²) < 4.78 is 5.85.